The van der Waals surface area contributed by atoms with Gasteiger partial charge in [-0.3, -0.25) is 4.79 Å². The fourth-order valence-corrected chi connectivity index (χ4v) is 6.07. The number of furan rings is 1. The Labute approximate surface area is 199 Å². The third-order valence-corrected chi connectivity index (χ3v) is 7.99. The van der Waals surface area contributed by atoms with E-state index in [1.807, 2.05) is 0 Å². The smallest absolute Gasteiger partial charge is 0.374 e. The summed E-state index contributed by atoms with van der Waals surface area (Å²) in [4.78, 5) is 24.5. The SMILES string of the molecule is COC(=O)c1oc(S(=O)(=O)N2CCCCC2CNC(=O)[C]2CCCCCCC2)cc1C.[CH2].[CH2]. The van der Waals surface area contributed by atoms with Crippen LogP contribution < -0.4 is 5.32 Å². The van der Waals surface area contributed by atoms with Crippen molar-refractivity contribution >= 4 is 21.9 Å². The van der Waals surface area contributed by atoms with Crippen molar-refractivity contribution in [2.45, 2.75) is 82.3 Å². The summed E-state index contributed by atoms with van der Waals surface area (Å²) in [7, 11) is -2.72. The molecule has 185 valence electrons. The molecule has 8 nitrogen and oxygen atoms in total. The zero-order valence-electron chi connectivity index (χ0n) is 19.9. The molecule has 1 aliphatic heterocycles. The van der Waals surface area contributed by atoms with E-state index in [9.17, 15) is 18.0 Å². The van der Waals surface area contributed by atoms with E-state index >= 15 is 0 Å². The van der Waals surface area contributed by atoms with Crippen LogP contribution in [0.4, 0.5) is 0 Å². The number of methoxy groups -OCH3 is 1. The molecule has 2 heterocycles. The second-order valence-electron chi connectivity index (χ2n) is 8.42. The number of nitrogens with zero attached hydrogens (tertiary/aromatic N) is 1. The Morgan fingerprint density at radius 2 is 1.73 bits per heavy atom. The summed E-state index contributed by atoms with van der Waals surface area (Å²) in [5, 5.41) is 2.72. The highest BCUT2D eigenvalue weighted by molar-refractivity contribution is 7.89. The van der Waals surface area contributed by atoms with Crippen LogP contribution in [0.5, 0.6) is 0 Å². The Kier molecular flexibility index (Phi) is 11.6. The van der Waals surface area contributed by atoms with Crippen molar-refractivity contribution in [3.8, 4) is 0 Å². The third kappa shape index (κ3) is 7.06. The molecule has 0 bridgehead atoms. The largest absolute Gasteiger partial charge is 0.463 e. The topological polar surface area (TPSA) is 106 Å². The highest BCUT2D eigenvalue weighted by Crippen LogP contribution is 2.29. The standard InChI is InChI=1S/C22H33N2O6S.2CH2/c1-16-14-19(30-20(16)22(26)29-2)31(27,28)24-13-9-8-12-18(24)15-23-21(25)17-10-6-4-3-5-7-11-17;;/h14,18H,3-13,15H2,1-2H3,(H,23,25);2*1H2. The van der Waals surface area contributed by atoms with Crippen molar-refractivity contribution in [1.29, 1.82) is 0 Å². The summed E-state index contributed by atoms with van der Waals surface area (Å²) in [6, 6.07) is 1.01. The zero-order chi connectivity index (χ0) is 22.4. The van der Waals surface area contributed by atoms with Crippen molar-refractivity contribution < 1.29 is 27.2 Å². The molecule has 1 atom stereocenters. The summed E-state index contributed by atoms with van der Waals surface area (Å²) in [5.41, 5.74) is 0.410. The number of nitrogens with one attached hydrogen (secondary N) is 1. The van der Waals surface area contributed by atoms with E-state index in [0.29, 0.717) is 18.5 Å². The van der Waals surface area contributed by atoms with Crippen LogP contribution in [0.3, 0.4) is 0 Å². The third-order valence-electron chi connectivity index (χ3n) is 6.18. The molecule has 1 aromatic heterocycles. The number of hydrogen-bond donors (Lipinski definition) is 1. The molecule has 9 heteroatoms. The van der Waals surface area contributed by atoms with Gasteiger partial charge in [-0.25, -0.2) is 13.2 Å². The molecule has 1 N–H and O–H groups in total. The minimum atomic E-state index is -3.94. The molecule has 0 aromatic carbocycles. The Hall–Kier alpha value is -1.87. The number of rotatable bonds is 6. The molecule has 3 rings (SSSR count). The molecule has 1 unspecified atom stereocenters. The number of ether oxygens (including phenoxy) is 1. The maximum atomic E-state index is 13.3. The fourth-order valence-electron chi connectivity index (χ4n) is 4.38. The highest BCUT2D eigenvalue weighted by atomic mass is 32.2. The van der Waals surface area contributed by atoms with Gasteiger partial charge in [0.25, 0.3) is 10.0 Å². The Morgan fingerprint density at radius 1 is 1.09 bits per heavy atom. The van der Waals surface area contributed by atoms with E-state index in [1.165, 1.54) is 23.9 Å². The predicted molar refractivity (Wildman–Crippen MR) is 126 cm³/mol. The van der Waals surface area contributed by atoms with Crippen molar-refractivity contribution in [3.63, 3.8) is 0 Å². The van der Waals surface area contributed by atoms with Gasteiger partial charge < -0.3 is 14.5 Å². The van der Waals surface area contributed by atoms with Gasteiger partial charge in [0, 0.05) is 30.8 Å². The number of sulfonamides is 1. The second kappa shape index (κ2) is 13.1. The molecule has 33 heavy (non-hydrogen) atoms. The van der Waals surface area contributed by atoms with Gasteiger partial charge in [-0.2, -0.15) is 4.31 Å². The van der Waals surface area contributed by atoms with Gasteiger partial charge in [-0.05, 0) is 32.6 Å². The predicted octanol–water partition coefficient (Wildman–Crippen LogP) is 4.01. The Morgan fingerprint density at radius 3 is 2.36 bits per heavy atom. The molecule has 1 aromatic rings. The summed E-state index contributed by atoms with van der Waals surface area (Å²) in [6.45, 7) is 2.23. The lowest BCUT2D eigenvalue weighted by molar-refractivity contribution is -0.120. The zero-order valence-corrected chi connectivity index (χ0v) is 20.7. The first-order valence-electron chi connectivity index (χ1n) is 11.2. The first-order valence-corrected chi connectivity index (χ1v) is 12.6. The number of amides is 1. The van der Waals surface area contributed by atoms with E-state index < -0.39 is 16.0 Å². The van der Waals surface area contributed by atoms with E-state index in [0.717, 1.165) is 57.3 Å². The monoisotopic (exact) mass is 481 g/mol. The van der Waals surface area contributed by atoms with E-state index in [4.69, 9.17) is 4.42 Å². The van der Waals surface area contributed by atoms with Crippen molar-refractivity contribution in [2.75, 3.05) is 20.2 Å². The van der Waals surface area contributed by atoms with Crippen LogP contribution in [-0.2, 0) is 19.6 Å². The molecular formula is C24H37N2O6S. The van der Waals surface area contributed by atoms with Gasteiger partial charge in [0.2, 0.25) is 16.8 Å². The number of carbonyl (C=O) groups excluding carboxylic acids is 2. The molecule has 2 fully saturated rings. The van der Waals surface area contributed by atoms with E-state index in [-0.39, 0.29) is 44.2 Å². The van der Waals surface area contributed by atoms with Gasteiger partial charge in [-0.15, -0.1) is 0 Å². The lowest BCUT2D eigenvalue weighted by Gasteiger charge is -2.34. The van der Waals surface area contributed by atoms with E-state index in [2.05, 4.69) is 10.1 Å². The number of esters is 1. The molecule has 1 saturated heterocycles. The summed E-state index contributed by atoms with van der Waals surface area (Å²) < 4.78 is 38.0. The van der Waals surface area contributed by atoms with Crippen LogP contribution in [0.2, 0.25) is 0 Å². The lowest BCUT2D eigenvalue weighted by atomic mass is 9.90. The average Bonchev–Trinajstić information content (AvgIpc) is 3.14. The Bertz CT molecular complexity index is 872. The Balaban J connectivity index is 0.00000272. The highest BCUT2D eigenvalue weighted by Gasteiger charge is 2.37. The van der Waals surface area contributed by atoms with Gasteiger partial charge in [0.1, 0.15) is 0 Å². The van der Waals surface area contributed by atoms with Gasteiger partial charge in [0.15, 0.2) is 0 Å². The summed E-state index contributed by atoms with van der Waals surface area (Å²) >= 11 is 0. The van der Waals surface area contributed by atoms with Gasteiger partial charge in [-0.1, -0.05) is 53.4 Å². The van der Waals surface area contributed by atoms with E-state index in [1.54, 1.807) is 6.92 Å². The number of hydrogen-bond acceptors (Lipinski definition) is 6. The van der Waals surface area contributed by atoms with Crippen molar-refractivity contribution in [1.82, 2.24) is 9.62 Å². The van der Waals surface area contributed by atoms with Crippen molar-refractivity contribution in [3.05, 3.63) is 38.2 Å². The minimum Gasteiger partial charge on any atom is -0.463 e. The number of aryl methyl sites for hydroxylation is 1. The second-order valence-corrected chi connectivity index (χ2v) is 10.2. The van der Waals surface area contributed by atoms with Crippen LogP contribution in [0.15, 0.2) is 15.6 Å². The maximum Gasteiger partial charge on any atom is 0.374 e. The number of carbonyl (C=O) groups is 2. The van der Waals surface area contributed by atoms with Crippen LogP contribution in [0.1, 0.15) is 80.3 Å². The quantitative estimate of drug-likeness (QED) is 0.616. The van der Waals surface area contributed by atoms with Crippen LogP contribution >= 0.6 is 0 Å². The molecular weight excluding hydrogens is 444 g/mol. The minimum absolute atomic E-state index is 0. The van der Waals surface area contributed by atoms with Gasteiger partial charge in [0.05, 0.1) is 13.0 Å². The normalized spacial score (nSPS) is 20.5. The fraction of sp³-hybridized carbons (Fsp3) is 0.625. The molecule has 1 aliphatic carbocycles. The lowest BCUT2D eigenvalue weighted by Crippen LogP contribution is -2.49. The average molecular weight is 482 g/mol. The molecule has 1 amide bonds. The molecule has 1 saturated carbocycles. The van der Waals surface area contributed by atoms with Crippen LogP contribution in [-0.4, -0.2) is 50.8 Å². The maximum absolute atomic E-state index is 13.3. The summed E-state index contributed by atoms with van der Waals surface area (Å²) in [5.74, 6) is 0.0576. The molecule has 2 aliphatic rings. The first-order chi connectivity index (χ1) is 14.8. The number of piperidine rings is 1. The van der Waals surface area contributed by atoms with Gasteiger partial charge >= 0.3 is 5.97 Å². The van der Waals surface area contributed by atoms with Crippen LogP contribution in [0, 0.1) is 27.7 Å². The first kappa shape index (κ1) is 29.2. The van der Waals surface area contributed by atoms with Crippen molar-refractivity contribution in [2.24, 2.45) is 0 Å². The summed E-state index contributed by atoms with van der Waals surface area (Å²) in [6.07, 6.45) is 9.55. The van der Waals surface area contributed by atoms with Crippen LogP contribution in [0.25, 0.3) is 0 Å². The molecule has 5 radical (unpaired) electrons. The molecule has 0 spiro atoms.